The van der Waals surface area contributed by atoms with E-state index >= 15 is 0 Å². The summed E-state index contributed by atoms with van der Waals surface area (Å²) >= 11 is 0. The summed E-state index contributed by atoms with van der Waals surface area (Å²) in [5.41, 5.74) is 2.35. The first-order valence-electron chi connectivity index (χ1n) is 9.13. The van der Waals surface area contributed by atoms with Crippen LogP contribution in [0.25, 0.3) is 0 Å². The van der Waals surface area contributed by atoms with Gasteiger partial charge in [0.05, 0.1) is 19.9 Å². The molecule has 2 aromatic carbocycles. The molecule has 0 saturated heterocycles. The molecular weight excluding hydrogens is 360 g/mol. The summed E-state index contributed by atoms with van der Waals surface area (Å²) in [4.78, 5) is 25.9. The van der Waals surface area contributed by atoms with Crippen LogP contribution in [0.2, 0.25) is 0 Å². The molecular formula is C21H24N2O5. The SMILES string of the molecule is CCN1C(=O)COc2cc(NC(=O)CCc3ccc(OC)c(OC)c3)ccc21. The van der Waals surface area contributed by atoms with Gasteiger partial charge in [0.15, 0.2) is 18.1 Å². The van der Waals surface area contributed by atoms with Crippen LogP contribution < -0.4 is 24.4 Å². The van der Waals surface area contributed by atoms with Gasteiger partial charge in [-0.25, -0.2) is 0 Å². The fourth-order valence-electron chi connectivity index (χ4n) is 3.15. The van der Waals surface area contributed by atoms with E-state index in [0.29, 0.717) is 42.3 Å². The van der Waals surface area contributed by atoms with Gasteiger partial charge in [-0.3, -0.25) is 9.59 Å². The summed E-state index contributed by atoms with van der Waals surface area (Å²) in [6.07, 6.45) is 0.902. The van der Waals surface area contributed by atoms with Crippen molar-refractivity contribution in [3.8, 4) is 17.2 Å². The van der Waals surface area contributed by atoms with Crippen molar-refractivity contribution in [2.75, 3.05) is 37.6 Å². The number of hydrogen-bond acceptors (Lipinski definition) is 5. The van der Waals surface area contributed by atoms with Crippen molar-refractivity contribution in [2.45, 2.75) is 19.8 Å². The molecule has 1 aliphatic rings. The number of aryl methyl sites for hydroxylation is 1. The fraction of sp³-hybridized carbons (Fsp3) is 0.333. The lowest BCUT2D eigenvalue weighted by Crippen LogP contribution is -2.38. The molecule has 0 unspecified atom stereocenters. The number of carbonyl (C=O) groups excluding carboxylic acids is 2. The maximum Gasteiger partial charge on any atom is 0.265 e. The first-order chi connectivity index (χ1) is 13.5. The molecule has 1 heterocycles. The minimum Gasteiger partial charge on any atom is -0.493 e. The number of anilines is 2. The molecule has 0 spiro atoms. The second-order valence-corrected chi connectivity index (χ2v) is 6.35. The van der Waals surface area contributed by atoms with Crippen LogP contribution in [0, 0.1) is 0 Å². The third kappa shape index (κ3) is 4.19. The molecule has 1 N–H and O–H groups in total. The number of amides is 2. The van der Waals surface area contributed by atoms with Crippen LogP contribution in [0.1, 0.15) is 18.9 Å². The van der Waals surface area contributed by atoms with Gasteiger partial charge in [-0.1, -0.05) is 6.07 Å². The van der Waals surface area contributed by atoms with E-state index in [1.54, 1.807) is 37.3 Å². The summed E-state index contributed by atoms with van der Waals surface area (Å²) in [7, 11) is 3.17. The molecule has 0 aliphatic carbocycles. The summed E-state index contributed by atoms with van der Waals surface area (Å²) < 4.78 is 16.0. The fourth-order valence-corrected chi connectivity index (χ4v) is 3.15. The van der Waals surface area contributed by atoms with E-state index < -0.39 is 0 Å². The van der Waals surface area contributed by atoms with E-state index in [2.05, 4.69) is 5.32 Å². The number of hydrogen-bond donors (Lipinski definition) is 1. The summed E-state index contributed by atoms with van der Waals surface area (Å²) in [5.74, 6) is 1.72. The van der Waals surface area contributed by atoms with Crippen molar-refractivity contribution >= 4 is 23.2 Å². The number of carbonyl (C=O) groups is 2. The predicted octanol–water partition coefficient (Wildman–Crippen LogP) is 3.02. The highest BCUT2D eigenvalue weighted by Gasteiger charge is 2.24. The van der Waals surface area contributed by atoms with Crippen molar-refractivity contribution in [3.05, 3.63) is 42.0 Å². The van der Waals surface area contributed by atoms with E-state index in [4.69, 9.17) is 14.2 Å². The normalized spacial score (nSPS) is 12.8. The minimum absolute atomic E-state index is 0.0115. The Hall–Kier alpha value is -3.22. The highest BCUT2D eigenvalue weighted by atomic mass is 16.5. The second-order valence-electron chi connectivity index (χ2n) is 6.35. The molecule has 148 valence electrons. The van der Waals surface area contributed by atoms with Gasteiger partial charge in [0.25, 0.3) is 5.91 Å². The zero-order chi connectivity index (χ0) is 20.1. The molecule has 2 aromatic rings. The molecule has 0 saturated carbocycles. The van der Waals surface area contributed by atoms with Crippen LogP contribution in [0.4, 0.5) is 11.4 Å². The largest absolute Gasteiger partial charge is 0.493 e. The van der Waals surface area contributed by atoms with Crippen molar-refractivity contribution in [3.63, 3.8) is 0 Å². The minimum atomic E-state index is -0.103. The van der Waals surface area contributed by atoms with Gasteiger partial charge in [0.2, 0.25) is 5.91 Å². The Morgan fingerprint density at radius 3 is 2.64 bits per heavy atom. The number of rotatable bonds is 7. The number of nitrogens with zero attached hydrogens (tertiary/aromatic N) is 1. The smallest absolute Gasteiger partial charge is 0.265 e. The zero-order valence-corrected chi connectivity index (χ0v) is 16.3. The van der Waals surface area contributed by atoms with Crippen molar-refractivity contribution in [1.29, 1.82) is 0 Å². The van der Waals surface area contributed by atoms with E-state index in [1.807, 2.05) is 25.1 Å². The van der Waals surface area contributed by atoms with Crippen LogP contribution in [-0.2, 0) is 16.0 Å². The summed E-state index contributed by atoms with van der Waals surface area (Å²) in [6.45, 7) is 2.50. The Balaban J connectivity index is 1.62. The maximum atomic E-state index is 12.3. The van der Waals surface area contributed by atoms with Crippen molar-refractivity contribution in [2.24, 2.45) is 0 Å². The number of nitrogens with one attached hydrogen (secondary N) is 1. The Labute approximate surface area is 164 Å². The van der Waals surface area contributed by atoms with E-state index in [-0.39, 0.29) is 18.4 Å². The Morgan fingerprint density at radius 2 is 1.93 bits per heavy atom. The average molecular weight is 384 g/mol. The van der Waals surface area contributed by atoms with Gasteiger partial charge in [-0.15, -0.1) is 0 Å². The molecule has 3 rings (SSSR count). The first kappa shape index (κ1) is 19.5. The van der Waals surface area contributed by atoms with E-state index in [1.165, 1.54) is 0 Å². The average Bonchev–Trinajstić information content (AvgIpc) is 2.72. The third-order valence-corrected chi connectivity index (χ3v) is 4.59. The molecule has 0 aromatic heterocycles. The second kappa shape index (κ2) is 8.65. The van der Waals surface area contributed by atoms with Gasteiger partial charge in [-0.05, 0) is 43.2 Å². The van der Waals surface area contributed by atoms with Crippen LogP contribution in [0.15, 0.2) is 36.4 Å². The molecule has 0 radical (unpaired) electrons. The monoisotopic (exact) mass is 384 g/mol. The van der Waals surface area contributed by atoms with E-state index in [0.717, 1.165) is 11.3 Å². The Bertz CT molecular complexity index is 881. The summed E-state index contributed by atoms with van der Waals surface area (Å²) in [5, 5.41) is 2.88. The van der Waals surface area contributed by atoms with Crippen LogP contribution in [0.5, 0.6) is 17.2 Å². The number of benzene rings is 2. The van der Waals surface area contributed by atoms with Crippen molar-refractivity contribution in [1.82, 2.24) is 0 Å². The lowest BCUT2D eigenvalue weighted by atomic mass is 10.1. The molecule has 28 heavy (non-hydrogen) atoms. The van der Waals surface area contributed by atoms with Crippen LogP contribution >= 0.6 is 0 Å². The molecule has 1 aliphatic heterocycles. The first-order valence-corrected chi connectivity index (χ1v) is 9.13. The number of ether oxygens (including phenoxy) is 3. The Morgan fingerprint density at radius 1 is 1.14 bits per heavy atom. The lowest BCUT2D eigenvalue weighted by Gasteiger charge is -2.28. The number of methoxy groups -OCH3 is 2. The van der Waals surface area contributed by atoms with Gasteiger partial charge in [0, 0.05) is 24.7 Å². The highest BCUT2D eigenvalue weighted by molar-refractivity contribution is 5.99. The van der Waals surface area contributed by atoms with Gasteiger partial charge in [0.1, 0.15) is 5.75 Å². The summed E-state index contributed by atoms with van der Waals surface area (Å²) in [6, 6.07) is 10.9. The maximum absolute atomic E-state index is 12.3. The third-order valence-electron chi connectivity index (χ3n) is 4.59. The standard InChI is InChI=1S/C21H24N2O5/c1-4-23-16-8-7-15(12-18(16)28-13-21(23)25)22-20(24)10-6-14-5-9-17(26-2)19(11-14)27-3/h5,7-9,11-12H,4,6,10,13H2,1-3H3,(H,22,24). The quantitative estimate of drug-likeness (QED) is 0.794. The van der Waals surface area contributed by atoms with Gasteiger partial charge in [-0.2, -0.15) is 0 Å². The molecule has 0 fully saturated rings. The molecule has 2 amide bonds. The predicted molar refractivity (Wildman–Crippen MR) is 106 cm³/mol. The van der Waals surface area contributed by atoms with Crippen molar-refractivity contribution < 1.29 is 23.8 Å². The lowest BCUT2D eigenvalue weighted by molar-refractivity contribution is -0.121. The van der Waals surface area contributed by atoms with Crippen LogP contribution in [-0.4, -0.2) is 39.2 Å². The topological polar surface area (TPSA) is 77.1 Å². The molecule has 7 heteroatoms. The number of likely N-dealkylation sites (N-methyl/N-ethyl adjacent to an activating group) is 1. The highest BCUT2D eigenvalue weighted by Crippen LogP contribution is 2.34. The molecule has 7 nitrogen and oxygen atoms in total. The molecule has 0 atom stereocenters. The number of fused-ring (bicyclic) bond motifs is 1. The van der Waals surface area contributed by atoms with Crippen LogP contribution in [0.3, 0.4) is 0 Å². The van der Waals surface area contributed by atoms with E-state index in [9.17, 15) is 9.59 Å². The van der Waals surface area contributed by atoms with Gasteiger partial charge < -0.3 is 24.4 Å². The van der Waals surface area contributed by atoms with Gasteiger partial charge >= 0.3 is 0 Å². The Kier molecular flexibility index (Phi) is 6.03. The zero-order valence-electron chi connectivity index (χ0n) is 16.3. The molecule has 0 bridgehead atoms.